The van der Waals surface area contributed by atoms with Crippen molar-refractivity contribution in [1.82, 2.24) is 19.8 Å². The van der Waals surface area contributed by atoms with Crippen LogP contribution in [0.15, 0.2) is 47.2 Å². The van der Waals surface area contributed by atoms with Crippen LogP contribution < -0.4 is 4.74 Å². The second kappa shape index (κ2) is 7.53. The van der Waals surface area contributed by atoms with Gasteiger partial charge in [-0.2, -0.15) is 4.98 Å². The summed E-state index contributed by atoms with van der Waals surface area (Å²) >= 11 is 1.48. The van der Waals surface area contributed by atoms with Gasteiger partial charge < -0.3 is 14.1 Å². The number of nitrogens with zero attached hydrogens (tertiary/aromatic N) is 4. The molecule has 4 aromatic rings. The molecule has 2 saturated heterocycles. The minimum atomic E-state index is 0.297. The van der Waals surface area contributed by atoms with Gasteiger partial charge in [0, 0.05) is 60.8 Å². The van der Waals surface area contributed by atoms with Crippen LogP contribution in [0.2, 0.25) is 0 Å². The van der Waals surface area contributed by atoms with Gasteiger partial charge in [0.1, 0.15) is 11.3 Å². The van der Waals surface area contributed by atoms with Crippen molar-refractivity contribution >= 4 is 38.6 Å². The highest BCUT2D eigenvalue weighted by atomic mass is 32.1. The van der Waals surface area contributed by atoms with Gasteiger partial charge in [0.2, 0.25) is 5.91 Å². The number of pyridine rings is 1. The van der Waals surface area contributed by atoms with Gasteiger partial charge in [-0.05, 0) is 43.5 Å². The summed E-state index contributed by atoms with van der Waals surface area (Å²) in [5.74, 6) is 1.40. The lowest BCUT2D eigenvalue weighted by molar-refractivity contribution is -0.140. The standard InChI is InChI=1S/C25H24N4O3S/c30-24(15-3-1-4-15)29-13-17-9-18(29)12-28(17)11-16-14-31-21-10-19(6-7-20(16)21)32-25-27-23-22(33-25)5-2-8-26-23/h2,5-8,10,14-15,17-18H,1,3-4,9,11-13H2. The lowest BCUT2D eigenvalue weighted by Crippen LogP contribution is -2.50. The third kappa shape index (κ3) is 3.31. The van der Waals surface area contributed by atoms with E-state index in [2.05, 4.69) is 25.8 Å². The van der Waals surface area contributed by atoms with Gasteiger partial charge in [0.25, 0.3) is 5.19 Å². The third-order valence-electron chi connectivity index (χ3n) is 7.44. The van der Waals surface area contributed by atoms with Crippen molar-refractivity contribution < 1.29 is 13.9 Å². The highest BCUT2D eigenvalue weighted by molar-refractivity contribution is 7.20. The van der Waals surface area contributed by atoms with Crippen molar-refractivity contribution in [1.29, 1.82) is 0 Å². The Morgan fingerprint density at radius 3 is 2.94 bits per heavy atom. The summed E-state index contributed by atoms with van der Waals surface area (Å²) in [5, 5.41) is 1.68. The second-order valence-corrected chi connectivity index (χ2v) is 10.4. The molecular formula is C25H24N4O3S. The molecule has 1 aliphatic carbocycles. The zero-order valence-electron chi connectivity index (χ0n) is 18.1. The normalized spacial score (nSPS) is 23.0. The Balaban J connectivity index is 1.05. The van der Waals surface area contributed by atoms with Crippen molar-refractivity contribution in [2.24, 2.45) is 5.92 Å². The number of aromatic nitrogens is 2. The lowest BCUT2D eigenvalue weighted by Gasteiger charge is -2.37. The summed E-state index contributed by atoms with van der Waals surface area (Å²) in [6.45, 7) is 2.69. The molecule has 0 spiro atoms. The molecule has 0 radical (unpaired) electrons. The van der Waals surface area contributed by atoms with Gasteiger partial charge in [-0.1, -0.05) is 17.8 Å². The fourth-order valence-corrected chi connectivity index (χ4v) is 6.26. The number of furan rings is 1. The van der Waals surface area contributed by atoms with Crippen LogP contribution >= 0.6 is 11.3 Å². The number of benzene rings is 1. The minimum Gasteiger partial charge on any atom is -0.464 e. The van der Waals surface area contributed by atoms with Gasteiger partial charge >= 0.3 is 0 Å². The van der Waals surface area contributed by atoms with Gasteiger partial charge in [-0.25, -0.2) is 4.98 Å². The Kier molecular flexibility index (Phi) is 4.45. The predicted octanol–water partition coefficient (Wildman–Crippen LogP) is 4.82. The maximum absolute atomic E-state index is 12.7. The van der Waals surface area contributed by atoms with Crippen LogP contribution in [-0.2, 0) is 11.3 Å². The largest absolute Gasteiger partial charge is 0.464 e. The molecule has 7 nitrogen and oxygen atoms in total. The molecule has 5 heterocycles. The van der Waals surface area contributed by atoms with Crippen molar-refractivity contribution in [2.75, 3.05) is 13.1 Å². The van der Waals surface area contributed by atoms with Crippen LogP contribution in [-0.4, -0.2) is 50.8 Å². The molecule has 8 heteroatoms. The van der Waals surface area contributed by atoms with E-state index in [0.29, 0.717) is 40.5 Å². The molecule has 1 aromatic carbocycles. The monoisotopic (exact) mass is 460 g/mol. The van der Waals surface area contributed by atoms with Crippen molar-refractivity contribution in [3.63, 3.8) is 0 Å². The molecule has 0 N–H and O–H groups in total. The van der Waals surface area contributed by atoms with Crippen LogP contribution in [0.5, 0.6) is 10.9 Å². The van der Waals surface area contributed by atoms with Gasteiger partial charge in [-0.3, -0.25) is 9.69 Å². The second-order valence-electron chi connectivity index (χ2n) is 9.42. The van der Waals surface area contributed by atoms with E-state index in [9.17, 15) is 4.79 Å². The number of likely N-dealkylation sites (tertiary alicyclic amines) is 2. The first-order chi connectivity index (χ1) is 16.2. The van der Waals surface area contributed by atoms with E-state index in [-0.39, 0.29) is 0 Å². The molecule has 3 fully saturated rings. The Hall–Kier alpha value is -2.97. The molecule has 1 saturated carbocycles. The van der Waals surface area contributed by atoms with E-state index in [0.717, 1.165) is 54.6 Å². The van der Waals surface area contributed by atoms with Crippen LogP contribution in [0.3, 0.4) is 0 Å². The molecular weight excluding hydrogens is 436 g/mol. The maximum Gasteiger partial charge on any atom is 0.281 e. The summed E-state index contributed by atoms with van der Waals surface area (Å²) in [5.41, 5.74) is 2.70. The third-order valence-corrected chi connectivity index (χ3v) is 8.33. The van der Waals surface area contributed by atoms with Crippen LogP contribution in [0.4, 0.5) is 0 Å². The molecule has 7 rings (SSSR count). The highest BCUT2D eigenvalue weighted by Crippen LogP contribution is 2.38. The zero-order chi connectivity index (χ0) is 21.9. The molecule has 3 aliphatic rings. The van der Waals surface area contributed by atoms with E-state index in [1.807, 2.05) is 30.5 Å². The number of carbonyl (C=O) groups excluding carboxylic acids is 1. The smallest absolute Gasteiger partial charge is 0.281 e. The van der Waals surface area contributed by atoms with Crippen molar-refractivity contribution in [2.45, 2.75) is 44.3 Å². The molecule has 168 valence electrons. The lowest BCUT2D eigenvalue weighted by atomic mass is 9.84. The zero-order valence-corrected chi connectivity index (χ0v) is 19.0. The average Bonchev–Trinajstić information content (AvgIpc) is 3.55. The summed E-state index contributed by atoms with van der Waals surface area (Å²) in [6.07, 6.45) is 8.07. The number of carbonyl (C=O) groups is 1. The summed E-state index contributed by atoms with van der Waals surface area (Å²) < 4.78 is 12.9. The molecule has 3 aromatic heterocycles. The molecule has 2 aliphatic heterocycles. The summed E-state index contributed by atoms with van der Waals surface area (Å²) in [6, 6.07) is 10.7. The quantitative estimate of drug-likeness (QED) is 0.425. The Morgan fingerprint density at radius 2 is 2.15 bits per heavy atom. The van der Waals surface area contributed by atoms with Gasteiger partial charge in [0.05, 0.1) is 11.0 Å². The number of hydrogen-bond donors (Lipinski definition) is 0. The SMILES string of the molecule is O=C(C1CCC1)N1CC2CC1CN2Cc1coc2cc(Oc3nc4ncccc4s3)ccc12. The molecule has 2 atom stereocenters. The number of piperazine rings is 1. The number of ether oxygens (including phenoxy) is 1. The Labute approximate surface area is 195 Å². The summed E-state index contributed by atoms with van der Waals surface area (Å²) in [7, 11) is 0. The maximum atomic E-state index is 12.7. The fourth-order valence-electron chi connectivity index (χ4n) is 5.46. The van der Waals surface area contributed by atoms with E-state index >= 15 is 0 Å². The molecule has 2 bridgehead atoms. The average molecular weight is 461 g/mol. The van der Waals surface area contributed by atoms with E-state index in [1.54, 1.807) is 6.20 Å². The number of rotatable bonds is 5. The first kappa shape index (κ1) is 19.5. The minimum absolute atomic E-state index is 0.297. The first-order valence-electron chi connectivity index (χ1n) is 11.7. The summed E-state index contributed by atoms with van der Waals surface area (Å²) in [4.78, 5) is 26.1. The molecule has 33 heavy (non-hydrogen) atoms. The van der Waals surface area contributed by atoms with Crippen molar-refractivity contribution in [3.05, 3.63) is 48.4 Å². The molecule has 1 amide bonds. The highest BCUT2D eigenvalue weighted by Gasteiger charge is 2.47. The van der Waals surface area contributed by atoms with E-state index in [4.69, 9.17) is 9.15 Å². The van der Waals surface area contributed by atoms with Crippen LogP contribution in [0.25, 0.3) is 21.3 Å². The predicted molar refractivity (Wildman–Crippen MR) is 125 cm³/mol. The fraction of sp³-hybridized carbons (Fsp3) is 0.400. The number of fused-ring (bicyclic) bond motifs is 4. The van der Waals surface area contributed by atoms with Gasteiger partial charge in [-0.15, -0.1) is 0 Å². The van der Waals surface area contributed by atoms with Crippen molar-refractivity contribution in [3.8, 4) is 10.9 Å². The van der Waals surface area contributed by atoms with E-state index < -0.39 is 0 Å². The number of amides is 1. The van der Waals surface area contributed by atoms with Crippen LogP contribution in [0, 0.1) is 5.92 Å². The number of thiazole rings is 1. The Morgan fingerprint density at radius 1 is 1.21 bits per heavy atom. The van der Waals surface area contributed by atoms with E-state index in [1.165, 1.54) is 23.3 Å². The van der Waals surface area contributed by atoms with Crippen LogP contribution in [0.1, 0.15) is 31.2 Å². The topological polar surface area (TPSA) is 71.7 Å². The van der Waals surface area contributed by atoms with Gasteiger partial charge in [0.15, 0.2) is 5.65 Å². The molecule has 2 unspecified atom stereocenters. The Bertz CT molecular complexity index is 1330. The number of hydrogen-bond acceptors (Lipinski definition) is 7. The first-order valence-corrected chi connectivity index (χ1v) is 12.5.